The Labute approximate surface area is 102 Å². The first-order valence-corrected chi connectivity index (χ1v) is 6.23. The Kier molecular flexibility index (Phi) is 3.52. The van der Waals surface area contributed by atoms with Crippen LogP contribution in [0.1, 0.15) is 49.2 Å². The lowest BCUT2D eigenvalue weighted by molar-refractivity contribution is 0.0510. The minimum absolute atomic E-state index is 0.0631. The van der Waals surface area contributed by atoms with Gasteiger partial charge in [-0.25, -0.2) is 0 Å². The zero-order valence-corrected chi connectivity index (χ0v) is 10.5. The predicted octanol–water partition coefficient (Wildman–Crippen LogP) is 2.14. The molecular formula is C13H20N2O2. The van der Waals surface area contributed by atoms with Gasteiger partial charge in [0.25, 0.3) is 5.91 Å². The van der Waals surface area contributed by atoms with E-state index in [-0.39, 0.29) is 5.91 Å². The Bertz CT molecular complexity index is 390. The SMILES string of the molecule is CC1CCCC(C)N1C(=O)c1coc(CN)c1. The molecule has 0 aliphatic carbocycles. The number of rotatable bonds is 2. The average molecular weight is 236 g/mol. The number of amides is 1. The largest absolute Gasteiger partial charge is 0.467 e. The van der Waals surface area contributed by atoms with Crippen molar-refractivity contribution in [1.82, 2.24) is 4.90 Å². The van der Waals surface area contributed by atoms with Crippen molar-refractivity contribution in [2.45, 2.75) is 51.7 Å². The first-order chi connectivity index (χ1) is 8.13. The summed E-state index contributed by atoms with van der Waals surface area (Å²) >= 11 is 0. The molecule has 2 unspecified atom stereocenters. The van der Waals surface area contributed by atoms with E-state index in [1.165, 1.54) is 12.7 Å². The van der Waals surface area contributed by atoms with Gasteiger partial charge in [-0.1, -0.05) is 0 Å². The van der Waals surface area contributed by atoms with Gasteiger partial charge in [0.2, 0.25) is 0 Å². The molecule has 1 aromatic heterocycles. The van der Waals surface area contributed by atoms with E-state index >= 15 is 0 Å². The summed E-state index contributed by atoms with van der Waals surface area (Å²) in [5.41, 5.74) is 6.09. The van der Waals surface area contributed by atoms with Gasteiger partial charge in [0.1, 0.15) is 12.0 Å². The molecule has 2 rings (SSSR count). The maximum Gasteiger partial charge on any atom is 0.257 e. The summed E-state index contributed by atoms with van der Waals surface area (Å²) in [4.78, 5) is 14.3. The second kappa shape index (κ2) is 4.92. The average Bonchev–Trinajstić information content (AvgIpc) is 2.77. The number of carbonyl (C=O) groups is 1. The third-order valence-corrected chi connectivity index (χ3v) is 3.53. The van der Waals surface area contributed by atoms with Crippen LogP contribution in [0.3, 0.4) is 0 Å². The van der Waals surface area contributed by atoms with Gasteiger partial charge in [0.05, 0.1) is 12.1 Å². The molecule has 0 saturated carbocycles. The molecule has 4 heteroatoms. The van der Waals surface area contributed by atoms with Gasteiger partial charge in [-0.15, -0.1) is 0 Å². The van der Waals surface area contributed by atoms with E-state index in [0.717, 1.165) is 12.8 Å². The Morgan fingerprint density at radius 3 is 2.65 bits per heavy atom. The van der Waals surface area contributed by atoms with E-state index < -0.39 is 0 Å². The van der Waals surface area contributed by atoms with Crippen molar-refractivity contribution < 1.29 is 9.21 Å². The van der Waals surface area contributed by atoms with Crippen LogP contribution in [0.25, 0.3) is 0 Å². The molecule has 2 heterocycles. The molecule has 1 aromatic rings. The maximum atomic E-state index is 12.4. The van der Waals surface area contributed by atoms with Gasteiger partial charge >= 0.3 is 0 Å². The van der Waals surface area contributed by atoms with Crippen molar-refractivity contribution >= 4 is 5.91 Å². The van der Waals surface area contributed by atoms with E-state index in [9.17, 15) is 4.79 Å². The highest BCUT2D eigenvalue weighted by Crippen LogP contribution is 2.25. The normalized spacial score (nSPS) is 25.0. The number of piperidine rings is 1. The Balaban J connectivity index is 2.17. The van der Waals surface area contributed by atoms with Crippen LogP contribution in [0.15, 0.2) is 16.7 Å². The molecule has 17 heavy (non-hydrogen) atoms. The molecule has 1 aliphatic rings. The number of furan rings is 1. The minimum atomic E-state index is 0.0631. The lowest BCUT2D eigenvalue weighted by atomic mass is 9.97. The standard InChI is InChI=1S/C13H20N2O2/c1-9-4-3-5-10(2)15(9)13(16)11-6-12(7-14)17-8-11/h6,8-10H,3-5,7,14H2,1-2H3. The molecule has 0 spiro atoms. The first-order valence-electron chi connectivity index (χ1n) is 6.23. The van der Waals surface area contributed by atoms with E-state index in [1.54, 1.807) is 6.07 Å². The summed E-state index contributed by atoms with van der Waals surface area (Å²) in [5, 5.41) is 0. The molecule has 0 radical (unpaired) electrons. The van der Waals surface area contributed by atoms with Crippen LogP contribution in [0, 0.1) is 0 Å². The molecule has 1 saturated heterocycles. The summed E-state index contributed by atoms with van der Waals surface area (Å²) in [5.74, 6) is 0.721. The van der Waals surface area contributed by atoms with E-state index in [2.05, 4.69) is 13.8 Å². The highest BCUT2D eigenvalue weighted by Gasteiger charge is 2.30. The Morgan fingerprint density at radius 2 is 2.12 bits per heavy atom. The molecule has 0 bridgehead atoms. The first kappa shape index (κ1) is 12.2. The Morgan fingerprint density at radius 1 is 1.47 bits per heavy atom. The van der Waals surface area contributed by atoms with Crippen LogP contribution in [-0.4, -0.2) is 22.9 Å². The molecule has 2 N–H and O–H groups in total. The quantitative estimate of drug-likeness (QED) is 0.855. The summed E-state index contributed by atoms with van der Waals surface area (Å²) in [6, 6.07) is 2.36. The van der Waals surface area contributed by atoms with Crippen LogP contribution in [-0.2, 0) is 6.54 Å². The van der Waals surface area contributed by atoms with Crippen molar-refractivity contribution in [3.8, 4) is 0 Å². The summed E-state index contributed by atoms with van der Waals surface area (Å²) < 4.78 is 5.22. The fourth-order valence-electron chi connectivity index (χ4n) is 2.57. The van der Waals surface area contributed by atoms with E-state index in [0.29, 0.717) is 30.0 Å². The fourth-order valence-corrected chi connectivity index (χ4v) is 2.57. The second-order valence-corrected chi connectivity index (χ2v) is 4.85. The topological polar surface area (TPSA) is 59.5 Å². The molecule has 1 aliphatic heterocycles. The smallest absolute Gasteiger partial charge is 0.257 e. The number of nitrogens with zero attached hydrogens (tertiary/aromatic N) is 1. The summed E-state index contributed by atoms with van der Waals surface area (Å²) in [7, 11) is 0. The van der Waals surface area contributed by atoms with Crippen LogP contribution >= 0.6 is 0 Å². The van der Waals surface area contributed by atoms with E-state index in [1.807, 2.05) is 4.90 Å². The number of carbonyl (C=O) groups excluding carboxylic acids is 1. The lowest BCUT2D eigenvalue weighted by Gasteiger charge is -2.38. The van der Waals surface area contributed by atoms with Crippen molar-refractivity contribution in [3.63, 3.8) is 0 Å². The number of hydrogen-bond donors (Lipinski definition) is 1. The predicted molar refractivity (Wildman–Crippen MR) is 65.5 cm³/mol. The number of nitrogens with two attached hydrogens (primary N) is 1. The molecule has 4 nitrogen and oxygen atoms in total. The zero-order valence-electron chi connectivity index (χ0n) is 10.5. The fraction of sp³-hybridized carbons (Fsp3) is 0.615. The molecule has 94 valence electrons. The van der Waals surface area contributed by atoms with Crippen molar-refractivity contribution in [3.05, 3.63) is 23.7 Å². The second-order valence-electron chi connectivity index (χ2n) is 4.85. The van der Waals surface area contributed by atoms with Gasteiger partial charge < -0.3 is 15.1 Å². The summed E-state index contributed by atoms with van der Waals surface area (Å²) in [6.45, 7) is 4.55. The van der Waals surface area contributed by atoms with Crippen LogP contribution < -0.4 is 5.73 Å². The molecule has 0 aromatic carbocycles. The van der Waals surface area contributed by atoms with Crippen LogP contribution in [0.2, 0.25) is 0 Å². The number of likely N-dealkylation sites (tertiary alicyclic amines) is 1. The number of hydrogen-bond acceptors (Lipinski definition) is 3. The molecule has 1 fully saturated rings. The van der Waals surface area contributed by atoms with Crippen LogP contribution in [0.5, 0.6) is 0 Å². The van der Waals surface area contributed by atoms with Gasteiger partial charge in [-0.3, -0.25) is 4.79 Å². The van der Waals surface area contributed by atoms with Crippen LogP contribution in [0.4, 0.5) is 0 Å². The zero-order chi connectivity index (χ0) is 12.4. The van der Waals surface area contributed by atoms with E-state index in [4.69, 9.17) is 10.2 Å². The molecule has 2 atom stereocenters. The lowest BCUT2D eigenvalue weighted by Crippen LogP contribution is -2.47. The third kappa shape index (κ3) is 2.36. The monoisotopic (exact) mass is 236 g/mol. The van der Waals surface area contributed by atoms with Crippen molar-refractivity contribution in [1.29, 1.82) is 0 Å². The minimum Gasteiger partial charge on any atom is -0.467 e. The third-order valence-electron chi connectivity index (χ3n) is 3.53. The summed E-state index contributed by atoms with van der Waals surface area (Å²) in [6.07, 6.45) is 4.87. The highest BCUT2D eigenvalue weighted by atomic mass is 16.3. The van der Waals surface area contributed by atoms with Crippen molar-refractivity contribution in [2.75, 3.05) is 0 Å². The Hall–Kier alpha value is -1.29. The van der Waals surface area contributed by atoms with Crippen molar-refractivity contribution in [2.24, 2.45) is 5.73 Å². The van der Waals surface area contributed by atoms with Gasteiger partial charge in [0.15, 0.2) is 0 Å². The van der Waals surface area contributed by atoms with Gasteiger partial charge in [-0.2, -0.15) is 0 Å². The molecular weight excluding hydrogens is 216 g/mol. The molecule has 1 amide bonds. The van der Waals surface area contributed by atoms with Gasteiger partial charge in [-0.05, 0) is 39.2 Å². The maximum absolute atomic E-state index is 12.4. The van der Waals surface area contributed by atoms with Gasteiger partial charge in [0, 0.05) is 12.1 Å². The highest BCUT2D eigenvalue weighted by molar-refractivity contribution is 5.94.